The van der Waals surface area contributed by atoms with Crippen LogP contribution in [0.25, 0.3) is 0 Å². The first-order valence-corrected chi connectivity index (χ1v) is 10.5. The van der Waals surface area contributed by atoms with Crippen LogP contribution >= 0.6 is 15.9 Å². The van der Waals surface area contributed by atoms with Gasteiger partial charge in [0.15, 0.2) is 0 Å². The molecule has 2 fully saturated rings. The molecule has 0 bridgehead atoms. The number of hydrogen-bond acceptors (Lipinski definition) is 4. The van der Waals surface area contributed by atoms with E-state index in [4.69, 9.17) is 9.47 Å². The molecule has 0 saturated carbocycles. The lowest BCUT2D eigenvalue weighted by molar-refractivity contribution is 0.115. The van der Waals surface area contributed by atoms with E-state index in [1.807, 2.05) is 36.4 Å². The molecule has 0 aromatic heterocycles. The third-order valence-electron chi connectivity index (χ3n) is 5.54. The van der Waals surface area contributed by atoms with Crippen LogP contribution in [0.1, 0.15) is 12.0 Å². The number of nitrogens with zero attached hydrogens (tertiary/aromatic N) is 2. The molecule has 2 unspecified atom stereocenters. The summed E-state index contributed by atoms with van der Waals surface area (Å²) in [7, 11) is 1.70. The first kappa shape index (κ1) is 19.3. The maximum Gasteiger partial charge on any atom is 0.414 e. The number of benzene rings is 2. The standard InChI is InChI=1S/C22H25BrN2O3/c1-27-19-7-8-21(23)17(12-19)11-16-9-10-24(13-16)14-20-15-25(22(26)28-20)18-5-3-2-4-6-18/h2-8,12,16,20H,9-11,13-15H2,1H3. The van der Waals surface area contributed by atoms with Gasteiger partial charge >= 0.3 is 6.09 Å². The molecule has 6 heteroatoms. The number of rotatable bonds is 6. The predicted molar refractivity (Wildman–Crippen MR) is 113 cm³/mol. The van der Waals surface area contributed by atoms with Gasteiger partial charge in [0.05, 0.1) is 13.7 Å². The van der Waals surface area contributed by atoms with Crippen LogP contribution in [0.15, 0.2) is 53.0 Å². The number of anilines is 1. The average Bonchev–Trinajstić information content (AvgIpc) is 3.30. The summed E-state index contributed by atoms with van der Waals surface area (Å²) in [5, 5.41) is 0. The van der Waals surface area contributed by atoms with Crippen molar-refractivity contribution in [3.8, 4) is 5.75 Å². The molecule has 2 aromatic rings. The molecule has 2 aliphatic rings. The SMILES string of the molecule is COc1ccc(Br)c(CC2CCN(CC3CN(c4ccccc4)C(=O)O3)C2)c1. The van der Waals surface area contributed by atoms with Gasteiger partial charge in [-0.25, -0.2) is 4.79 Å². The summed E-state index contributed by atoms with van der Waals surface area (Å²) in [5.74, 6) is 1.50. The van der Waals surface area contributed by atoms with Crippen molar-refractivity contribution in [2.24, 2.45) is 5.92 Å². The number of carbonyl (C=O) groups is 1. The number of hydrogen-bond donors (Lipinski definition) is 0. The van der Waals surface area contributed by atoms with Crippen molar-refractivity contribution in [2.75, 3.05) is 38.2 Å². The van der Waals surface area contributed by atoms with Crippen molar-refractivity contribution in [1.82, 2.24) is 4.90 Å². The zero-order chi connectivity index (χ0) is 19.5. The number of likely N-dealkylation sites (tertiary alicyclic amines) is 1. The van der Waals surface area contributed by atoms with Crippen LogP contribution < -0.4 is 9.64 Å². The average molecular weight is 445 g/mol. The van der Waals surface area contributed by atoms with Gasteiger partial charge < -0.3 is 9.47 Å². The van der Waals surface area contributed by atoms with E-state index in [0.29, 0.717) is 12.5 Å². The third-order valence-corrected chi connectivity index (χ3v) is 6.31. The molecule has 0 N–H and O–H groups in total. The van der Waals surface area contributed by atoms with E-state index in [1.165, 1.54) is 5.56 Å². The quantitative estimate of drug-likeness (QED) is 0.663. The van der Waals surface area contributed by atoms with Crippen molar-refractivity contribution < 1.29 is 14.3 Å². The molecular formula is C22H25BrN2O3. The fraction of sp³-hybridized carbons (Fsp3) is 0.409. The Labute approximate surface area is 174 Å². The zero-order valence-electron chi connectivity index (χ0n) is 16.0. The van der Waals surface area contributed by atoms with Crippen molar-refractivity contribution in [1.29, 1.82) is 0 Å². The fourth-order valence-electron chi connectivity index (χ4n) is 4.11. The molecule has 148 valence electrons. The van der Waals surface area contributed by atoms with E-state index in [0.717, 1.165) is 48.4 Å². The summed E-state index contributed by atoms with van der Waals surface area (Å²) >= 11 is 3.66. The number of amides is 1. The van der Waals surface area contributed by atoms with Crippen LogP contribution in [0.4, 0.5) is 10.5 Å². The van der Waals surface area contributed by atoms with E-state index in [1.54, 1.807) is 12.0 Å². The molecule has 5 nitrogen and oxygen atoms in total. The van der Waals surface area contributed by atoms with Crippen LogP contribution in [0.2, 0.25) is 0 Å². The highest BCUT2D eigenvalue weighted by Crippen LogP contribution is 2.29. The minimum Gasteiger partial charge on any atom is -0.497 e. The highest BCUT2D eigenvalue weighted by molar-refractivity contribution is 9.10. The molecule has 2 saturated heterocycles. The Morgan fingerprint density at radius 1 is 1.18 bits per heavy atom. The minimum atomic E-state index is -0.243. The maximum atomic E-state index is 12.2. The van der Waals surface area contributed by atoms with E-state index in [9.17, 15) is 4.79 Å². The molecule has 2 heterocycles. The van der Waals surface area contributed by atoms with E-state index >= 15 is 0 Å². The van der Waals surface area contributed by atoms with Crippen molar-refractivity contribution >= 4 is 27.7 Å². The normalized spacial score (nSPS) is 22.5. The Balaban J connectivity index is 1.31. The van der Waals surface area contributed by atoms with Gasteiger partial charge in [-0.1, -0.05) is 34.1 Å². The minimum absolute atomic E-state index is 0.0741. The summed E-state index contributed by atoms with van der Waals surface area (Å²) in [6, 6.07) is 15.9. The molecule has 4 rings (SSSR count). The van der Waals surface area contributed by atoms with Crippen LogP contribution in [-0.2, 0) is 11.2 Å². The van der Waals surface area contributed by atoms with E-state index < -0.39 is 0 Å². The smallest absolute Gasteiger partial charge is 0.414 e. The largest absolute Gasteiger partial charge is 0.497 e. The second-order valence-electron chi connectivity index (χ2n) is 7.53. The van der Waals surface area contributed by atoms with Gasteiger partial charge in [-0.05, 0) is 61.2 Å². The Morgan fingerprint density at radius 2 is 2.00 bits per heavy atom. The van der Waals surface area contributed by atoms with Crippen LogP contribution in [-0.4, -0.2) is 50.4 Å². The molecule has 0 aliphatic carbocycles. The number of methoxy groups -OCH3 is 1. The van der Waals surface area contributed by atoms with Crippen molar-refractivity contribution in [3.05, 3.63) is 58.6 Å². The number of cyclic esters (lactones) is 1. The van der Waals surface area contributed by atoms with Gasteiger partial charge in [0.2, 0.25) is 0 Å². The molecule has 1 amide bonds. The lowest BCUT2D eigenvalue weighted by atomic mass is 9.98. The van der Waals surface area contributed by atoms with E-state index in [-0.39, 0.29) is 12.2 Å². The summed E-state index contributed by atoms with van der Waals surface area (Å²) in [6.07, 6.45) is 1.86. The lowest BCUT2D eigenvalue weighted by Crippen LogP contribution is -2.33. The second-order valence-corrected chi connectivity index (χ2v) is 8.38. The van der Waals surface area contributed by atoms with Crippen molar-refractivity contribution in [3.63, 3.8) is 0 Å². The Bertz CT molecular complexity index is 830. The molecule has 2 atom stereocenters. The second kappa shape index (κ2) is 8.53. The molecule has 0 spiro atoms. The van der Waals surface area contributed by atoms with Crippen LogP contribution in [0.5, 0.6) is 5.75 Å². The number of para-hydroxylation sites is 1. The highest BCUT2D eigenvalue weighted by atomic mass is 79.9. The molecule has 2 aromatic carbocycles. The maximum absolute atomic E-state index is 12.2. The molecule has 2 aliphatic heterocycles. The van der Waals surface area contributed by atoms with Gasteiger partial charge in [0.1, 0.15) is 11.9 Å². The number of halogens is 1. The summed E-state index contributed by atoms with van der Waals surface area (Å²) in [4.78, 5) is 16.4. The van der Waals surface area contributed by atoms with Gasteiger partial charge in [0, 0.05) is 23.2 Å². The highest BCUT2D eigenvalue weighted by Gasteiger charge is 2.35. The lowest BCUT2D eigenvalue weighted by Gasteiger charge is -2.19. The van der Waals surface area contributed by atoms with Crippen LogP contribution in [0, 0.1) is 5.92 Å². The first-order valence-electron chi connectivity index (χ1n) is 9.70. The van der Waals surface area contributed by atoms with Gasteiger partial charge in [-0.15, -0.1) is 0 Å². The van der Waals surface area contributed by atoms with Gasteiger partial charge in [-0.2, -0.15) is 0 Å². The van der Waals surface area contributed by atoms with Crippen LogP contribution in [0.3, 0.4) is 0 Å². The molecule has 28 heavy (non-hydrogen) atoms. The molecule has 0 radical (unpaired) electrons. The Kier molecular flexibility index (Phi) is 5.87. The monoisotopic (exact) mass is 444 g/mol. The van der Waals surface area contributed by atoms with Gasteiger partial charge in [-0.3, -0.25) is 9.80 Å². The summed E-state index contributed by atoms with van der Waals surface area (Å²) in [5.41, 5.74) is 2.19. The Hall–Kier alpha value is -2.05. The van der Waals surface area contributed by atoms with Crippen molar-refractivity contribution in [2.45, 2.75) is 18.9 Å². The summed E-state index contributed by atoms with van der Waals surface area (Å²) < 4.78 is 12.1. The molecular weight excluding hydrogens is 420 g/mol. The third kappa shape index (κ3) is 4.33. The van der Waals surface area contributed by atoms with E-state index in [2.05, 4.69) is 33.0 Å². The predicted octanol–water partition coefficient (Wildman–Crippen LogP) is 4.35. The summed E-state index contributed by atoms with van der Waals surface area (Å²) in [6.45, 7) is 3.49. The number of carbonyl (C=O) groups excluding carboxylic acids is 1. The van der Waals surface area contributed by atoms with Gasteiger partial charge in [0.25, 0.3) is 0 Å². The topological polar surface area (TPSA) is 42.0 Å². The number of ether oxygens (including phenoxy) is 2. The fourth-order valence-corrected chi connectivity index (χ4v) is 4.52. The zero-order valence-corrected chi connectivity index (χ0v) is 17.6. The first-order chi connectivity index (χ1) is 13.6. The Morgan fingerprint density at radius 3 is 2.79 bits per heavy atom.